The third-order valence-electron chi connectivity index (χ3n) is 4.50. The Kier molecular flexibility index (Phi) is 4.65. The van der Waals surface area contributed by atoms with Gasteiger partial charge in [0.25, 0.3) is 5.91 Å². The van der Waals surface area contributed by atoms with Gasteiger partial charge in [-0.05, 0) is 41.1 Å². The number of carbonyl (C=O) groups is 1. The van der Waals surface area contributed by atoms with Crippen LogP contribution in [0.2, 0.25) is 0 Å². The number of ether oxygens (including phenoxy) is 2. The van der Waals surface area contributed by atoms with E-state index in [4.69, 9.17) is 9.47 Å². The van der Waals surface area contributed by atoms with Gasteiger partial charge in [0.1, 0.15) is 10.7 Å². The van der Waals surface area contributed by atoms with Gasteiger partial charge in [-0.15, -0.1) is 11.3 Å². The van der Waals surface area contributed by atoms with Gasteiger partial charge in [-0.3, -0.25) is 4.79 Å². The van der Waals surface area contributed by atoms with E-state index in [-0.39, 0.29) is 5.91 Å². The standard InChI is InChI=1S/C19H18N2O3S2/c1-23-16-7-12-3-5-21(9-14(12)8-17(16)24-2)19(22)15-11-26-18(20-15)13-4-6-25-10-13/h4,6-8,10-11H,3,5,9H2,1-2H3. The highest BCUT2D eigenvalue weighted by atomic mass is 32.1. The summed E-state index contributed by atoms with van der Waals surface area (Å²) in [6.07, 6.45) is 0.795. The summed E-state index contributed by atoms with van der Waals surface area (Å²) in [5.41, 5.74) is 3.87. The van der Waals surface area contributed by atoms with Crippen LogP contribution in [0, 0.1) is 0 Å². The topological polar surface area (TPSA) is 51.7 Å². The molecule has 3 aromatic rings. The number of thiazole rings is 1. The molecule has 1 aromatic carbocycles. The average Bonchev–Trinajstić information content (AvgIpc) is 3.37. The molecule has 1 amide bonds. The zero-order chi connectivity index (χ0) is 18.1. The summed E-state index contributed by atoms with van der Waals surface area (Å²) in [5, 5.41) is 6.79. The van der Waals surface area contributed by atoms with Crippen molar-refractivity contribution in [2.75, 3.05) is 20.8 Å². The second kappa shape index (κ2) is 7.09. The van der Waals surface area contributed by atoms with Crippen LogP contribution in [0.25, 0.3) is 10.6 Å². The molecule has 3 heterocycles. The fourth-order valence-corrected chi connectivity index (χ4v) is 4.62. The van der Waals surface area contributed by atoms with Crippen molar-refractivity contribution in [2.45, 2.75) is 13.0 Å². The molecule has 134 valence electrons. The highest BCUT2D eigenvalue weighted by molar-refractivity contribution is 7.14. The lowest BCUT2D eigenvalue weighted by Crippen LogP contribution is -2.36. The lowest BCUT2D eigenvalue weighted by Gasteiger charge is -2.29. The minimum Gasteiger partial charge on any atom is -0.493 e. The predicted molar refractivity (Wildman–Crippen MR) is 103 cm³/mol. The zero-order valence-corrected chi connectivity index (χ0v) is 16.2. The van der Waals surface area contributed by atoms with Crippen LogP contribution >= 0.6 is 22.7 Å². The van der Waals surface area contributed by atoms with Crippen molar-refractivity contribution in [1.82, 2.24) is 9.88 Å². The monoisotopic (exact) mass is 386 g/mol. The molecule has 0 N–H and O–H groups in total. The van der Waals surface area contributed by atoms with E-state index in [1.54, 1.807) is 25.6 Å². The number of methoxy groups -OCH3 is 2. The fraction of sp³-hybridized carbons (Fsp3) is 0.263. The minimum absolute atomic E-state index is 0.0248. The van der Waals surface area contributed by atoms with Gasteiger partial charge in [0.05, 0.1) is 14.2 Å². The van der Waals surface area contributed by atoms with Gasteiger partial charge in [-0.25, -0.2) is 4.98 Å². The van der Waals surface area contributed by atoms with Crippen LogP contribution in [-0.4, -0.2) is 36.6 Å². The average molecular weight is 386 g/mol. The van der Waals surface area contributed by atoms with Gasteiger partial charge in [-0.2, -0.15) is 11.3 Å². The molecule has 0 bridgehead atoms. The molecule has 1 aliphatic rings. The summed E-state index contributed by atoms with van der Waals surface area (Å²) < 4.78 is 10.8. The van der Waals surface area contributed by atoms with E-state index in [0.717, 1.165) is 28.3 Å². The van der Waals surface area contributed by atoms with E-state index in [0.29, 0.717) is 24.5 Å². The fourth-order valence-electron chi connectivity index (χ4n) is 3.11. The molecule has 7 heteroatoms. The lowest BCUT2D eigenvalue weighted by molar-refractivity contribution is 0.0729. The molecule has 0 saturated carbocycles. The van der Waals surface area contributed by atoms with E-state index in [2.05, 4.69) is 4.98 Å². The first kappa shape index (κ1) is 17.1. The maximum absolute atomic E-state index is 12.9. The second-order valence-corrected chi connectivity index (χ2v) is 7.64. The summed E-state index contributed by atoms with van der Waals surface area (Å²) >= 11 is 3.14. The maximum Gasteiger partial charge on any atom is 0.273 e. The summed E-state index contributed by atoms with van der Waals surface area (Å²) in [5.74, 6) is 1.39. The largest absolute Gasteiger partial charge is 0.493 e. The van der Waals surface area contributed by atoms with Gasteiger partial charge < -0.3 is 14.4 Å². The lowest BCUT2D eigenvalue weighted by atomic mass is 9.98. The Bertz CT molecular complexity index is 934. The molecule has 1 aliphatic heterocycles. The van der Waals surface area contributed by atoms with E-state index in [9.17, 15) is 4.79 Å². The van der Waals surface area contributed by atoms with Crippen LogP contribution in [0.15, 0.2) is 34.3 Å². The van der Waals surface area contributed by atoms with Crippen molar-refractivity contribution in [3.05, 3.63) is 51.2 Å². The minimum atomic E-state index is -0.0248. The normalized spacial score (nSPS) is 13.4. The summed E-state index contributed by atoms with van der Waals surface area (Å²) in [6.45, 7) is 1.23. The molecule has 26 heavy (non-hydrogen) atoms. The number of rotatable bonds is 4. The quantitative estimate of drug-likeness (QED) is 0.678. The molecule has 4 rings (SSSR count). The van der Waals surface area contributed by atoms with E-state index in [1.807, 2.05) is 39.2 Å². The second-order valence-electron chi connectivity index (χ2n) is 6.00. The smallest absolute Gasteiger partial charge is 0.273 e. The van der Waals surface area contributed by atoms with Crippen LogP contribution in [0.5, 0.6) is 11.5 Å². The summed E-state index contributed by atoms with van der Waals surface area (Å²) in [7, 11) is 3.26. The third-order valence-corrected chi connectivity index (χ3v) is 6.07. The Balaban J connectivity index is 1.56. The van der Waals surface area contributed by atoms with Gasteiger partial charge in [0.2, 0.25) is 0 Å². The highest BCUT2D eigenvalue weighted by Crippen LogP contribution is 2.34. The van der Waals surface area contributed by atoms with E-state index >= 15 is 0 Å². The number of amides is 1. The first-order chi connectivity index (χ1) is 12.7. The molecule has 0 saturated heterocycles. The Hall–Kier alpha value is -2.38. The number of benzene rings is 1. The van der Waals surface area contributed by atoms with Crippen LogP contribution in [0.3, 0.4) is 0 Å². The predicted octanol–water partition coefficient (Wildman–Crippen LogP) is 4.09. The van der Waals surface area contributed by atoms with Gasteiger partial charge in [0.15, 0.2) is 11.5 Å². The number of hydrogen-bond acceptors (Lipinski definition) is 6. The van der Waals surface area contributed by atoms with Crippen LogP contribution in [0.1, 0.15) is 21.6 Å². The van der Waals surface area contributed by atoms with Crippen molar-refractivity contribution in [2.24, 2.45) is 0 Å². The molecule has 0 spiro atoms. The molecule has 0 aliphatic carbocycles. The molecular weight excluding hydrogens is 368 g/mol. The van der Waals surface area contributed by atoms with E-state index in [1.165, 1.54) is 16.9 Å². The number of thiophene rings is 1. The number of nitrogens with zero attached hydrogens (tertiary/aromatic N) is 2. The van der Waals surface area contributed by atoms with Crippen molar-refractivity contribution < 1.29 is 14.3 Å². The first-order valence-corrected chi connectivity index (χ1v) is 10.0. The van der Waals surface area contributed by atoms with Gasteiger partial charge in [-0.1, -0.05) is 0 Å². The van der Waals surface area contributed by atoms with Gasteiger partial charge in [0, 0.05) is 29.4 Å². The number of aromatic nitrogens is 1. The van der Waals surface area contributed by atoms with E-state index < -0.39 is 0 Å². The Labute approximate surface area is 159 Å². The van der Waals surface area contributed by atoms with Crippen molar-refractivity contribution in [3.8, 4) is 22.1 Å². The Morgan fingerprint density at radius 1 is 1.15 bits per heavy atom. The van der Waals surface area contributed by atoms with Gasteiger partial charge >= 0.3 is 0 Å². The summed E-state index contributed by atoms with van der Waals surface area (Å²) in [4.78, 5) is 19.3. The molecule has 0 atom stereocenters. The molecule has 5 nitrogen and oxygen atoms in total. The van der Waals surface area contributed by atoms with Crippen LogP contribution < -0.4 is 9.47 Å². The molecule has 0 unspecified atom stereocenters. The van der Waals surface area contributed by atoms with Crippen molar-refractivity contribution in [3.63, 3.8) is 0 Å². The molecular formula is C19H18N2O3S2. The molecule has 0 radical (unpaired) electrons. The first-order valence-electron chi connectivity index (χ1n) is 8.20. The highest BCUT2D eigenvalue weighted by Gasteiger charge is 2.25. The van der Waals surface area contributed by atoms with Crippen molar-refractivity contribution in [1.29, 1.82) is 0 Å². The maximum atomic E-state index is 12.9. The molecule has 2 aromatic heterocycles. The van der Waals surface area contributed by atoms with Crippen molar-refractivity contribution >= 4 is 28.6 Å². The SMILES string of the molecule is COc1cc2c(cc1OC)CN(C(=O)c1csc(-c3ccsc3)n1)CC2. The Morgan fingerprint density at radius 3 is 2.62 bits per heavy atom. The zero-order valence-electron chi connectivity index (χ0n) is 14.5. The number of fused-ring (bicyclic) bond motifs is 1. The number of carbonyl (C=O) groups excluding carboxylic acids is 1. The Morgan fingerprint density at radius 2 is 1.92 bits per heavy atom. The van der Waals surface area contributed by atoms with Crippen LogP contribution in [0.4, 0.5) is 0 Å². The number of hydrogen-bond donors (Lipinski definition) is 0. The van der Waals surface area contributed by atoms with Crippen LogP contribution in [-0.2, 0) is 13.0 Å². The summed E-state index contributed by atoms with van der Waals surface area (Å²) in [6, 6.07) is 5.99. The molecule has 0 fully saturated rings. The third kappa shape index (κ3) is 3.08.